The summed E-state index contributed by atoms with van der Waals surface area (Å²) in [5.41, 5.74) is 1.21. The van der Waals surface area contributed by atoms with Gasteiger partial charge in [0.15, 0.2) is 0 Å². The number of carbonyl (C=O) groups is 1. The van der Waals surface area contributed by atoms with Crippen molar-refractivity contribution in [2.45, 2.75) is 0 Å². The molecule has 3 rings (SSSR count). The molecule has 0 fully saturated rings. The molecule has 0 saturated carbocycles. The smallest absolute Gasteiger partial charge is 0.339 e. The van der Waals surface area contributed by atoms with Gasteiger partial charge in [0.2, 0.25) is 0 Å². The van der Waals surface area contributed by atoms with E-state index in [1.165, 1.54) is 24.3 Å². The Labute approximate surface area is 112 Å². The summed E-state index contributed by atoms with van der Waals surface area (Å²) in [6, 6.07) is 8.44. The van der Waals surface area contributed by atoms with Crippen LogP contribution in [0.1, 0.15) is 10.4 Å². The number of fused-ring (bicyclic) bond motifs is 1. The van der Waals surface area contributed by atoms with Crippen molar-refractivity contribution in [3.63, 3.8) is 0 Å². The zero-order chi connectivity index (χ0) is 14.3. The zero-order valence-electron chi connectivity index (χ0n) is 10.1. The van der Waals surface area contributed by atoms with E-state index in [0.29, 0.717) is 22.2 Å². The van der Waals surface area contributed by atoms with E-state index in [4.69, 9.17) is 5.11 Å². The van der Waals surface area contributed by atoms with Crippen LogP contribution >= 0.6 is 0 Å². The van der Waals surface area contributed by atoms with Gasteiger partial charge in [0, 0.05) is 17.0 Å². The minimum Gasteiger partial charge on any atom is -0.507 e. The van der Waals surface area contributed by atoms with Crippen LogP contribution in [0.5, 0.6) is 5.75 Å². The molecule has 0 amide bonds. The minimum absolute atomic E-state index is 0.225. The Morgan fingerprint density at radius 2 is 2.05 bits per heavy atom. The highest BCUT2D eigenvalue weighted by Gasteiger charge is 2.15. The van der Waals surface area contributed by atoms with E-state index >= 15 is 0 Å². The van der Waals surface area contributed by atoms with Crippen LogP contribution in [0.15, 0.2) is 36.4 Å². The van der Waals surface area contributed by atoms with Crippen molar-refractivity contribution in [1.29, 1.82) is 0 Å². The van der Waals surface area contributed by atoms with Gasteiger partial charge in [-0.3, -0.25) is 5.10 Å². The molecule has 0 unspecified atom stereocenters. The van der Waals surface area contributed by atoms with E-state index in [1.807, 2.05) is 0 Å². The van der Waals surface area contributed by atoms with Gasteiger partial charge in [-0.05, 0) is 18.2 Å². The van der Waals surface area contributed by atoms with Gasteiger partial charge in [0.1, 0.15) is 22.8 Å². The highest BCUT2D eigenvalue weighted by molar-refractivity contribution is 6.01. The fourth-order valence-electron chi connectivity index (χ4n) is 2.08. The van der Waals surface area contributed by atoms with Crippen molar-refractivity contribution in [3.8, 4) is 17.0 Å². The number of carboxylic acid groups (broad SMARTS) is 1. The lowest BCUT2D eigenvalue weighted by Gasteiger charge is -2.01. The third kappa shape index (κ3) is 1.87. The topological polar surface area (TPSA) is 86.2 Å². The Kier molecular flexibility index (Phi) is 2.64. The number of aromatic amines is 1. The number of nitrogens with one attached hydrogen (secondary N) is 1. The van der Waals surface area contributed by atoms with Gasteiger partial charge in [-0.25, -0.2) is 9.18 Å². The summed E-state index contributed by atoms with van der Waals surface area (Å²) < 4.78 is 13.3. The van der Waals surface area contributed by atoms with Gasteiger partial charge in [0.25, 0.3) is 0 Å². The second-order valence-corrected chi connectivity index (χ2v) is 4.30. The van der Waals surface area contributed by atoms with Crippen LogP contribution in [0.3, 0.4) is 0 Å². The molecular weight excluding hydrogens is 263 g/mol. The average Bonchev–Trinajstić information content (AvgIpc) is 2.80. The Bertz CT molecular complexity index is 826. The van der Waals surface area contributed by atoms with Gasteiger partial charge in [-0.2, -0.15) is 5.10 Å². The number of nitrogens with zero attached hydrogens (tertiary/aromatic N) is 1. The number of hydrogen-bond acceptors (Lipinski definition) is 3. The van der Waals surface area contributed by atoms with Crippen LogP contribution in [-0.4, -0.2) is 26.4 Å². The lowest BCUT2D eigenvalue weighted by Crippen LogP contribution is -1.96. The molecule has 3 N–H and O–H groups in total. The highest BCUT2D eigenvalue weighted by atomic mass is 19.1. The maximum Gasteiger partial charge on any atom is 0.339 e. The quantitative estimate of drug-likeness (QED) is 0.669. The summed E-state index contributed by atoms with van der Waals surface area (Å²) in [6.45, 7) is 0. The number of phenols is 1. The SMILES string of the molecule is O=C(O)c1cc2c(-c3cccc(F)c3)n[nH]c2cc1O. The van der Waals surface area contributed by atoms with Crippen LogP contribution in [0.2, 0.25) is 0 Å². The molecule has 0 atom stereocenters. The summed E-state index contributed by atoms with van der Waals surface area (Å²) >= 11 is 0. The normalized spacial score (nSPS) is 10.8. The van der Waals surface area contributed by atoms with Crippen LogP contribution < -0.4 is 0 Å². The molecule has 0 radical (unpaired) electrons. The number of aromatic nitrogens is 2. The van der Waals surface area contributed by atoms with Gasteiger partial charge >= 0.3 is 5.97 Å². The number of hydrogen-bond donors (Lipinski definition) is 3. The molecule has 0 aliphatic carbocycles. The van der Waals surface area contributed by atoms with E-state index in [9.17, 15) is 14.3 Å². The number of benzene rings is 2. The second kappa shape index (κ2) is 4.34. The molecule has 0 saturated heterocycles. The fourth-order valence-corrected chi connectivity index (χ4v) is 2.08. The van der Waals surface area contributed by atoms with Crippen molar-refractivity contribution >= 4 is 16.9 Å². The Morgan fingerprint density at radius 1 is 1.25 bits per heavy atom. The lowest BCUT2D eigenvalue weighted by atomic mass is 10.0. The maximum absolute atomic E-state index is 13.3. The van der Waals surface area contributed by atoms with Crippen molar-refractivity contribution in [2.24, 2.45) is 0 Å². The molecular formula is C14H9FN2O3. The van der Waals surface area contributed by atoms with Crippen LogP contribution in [0.4, 0.5) is 4.39 Å². The minimum atomic E-state index is -1.24. The number of rotatable bonds is 2. The molecule has 20 heavy (non-hydrogen) atoms. The van der Waals surface area contributed by atoms with E-state index in [0.717, 1.165) is 0 Å². The van der Waals surface area contributed by atoms with Crippen molar-refractivity contribution in [3.05, 3.63) is 47.8 Å². The first-order valence-electron chi connectivity index (χ1n) is 5.76. The number of carboxylic acids is 1. The standard InChI is InChI=1S/C14H9FN2O3/c15-8-3-1-2-7(4-8)13-9-5-10(14(19)20)12(18)6-11(9)16-17-13/h1-6,18H,(H,16,17)(H,19,20). The van der Waals surface area contributed by atoms with Gasteiger partial charge in [0.05, 0.1) is 5.52 Å². The first kappa shape index (κ1) is 12.2. The van der Waals surface area contributed by atoms with Crippen LogP contribution in [-0.2, 0) is 0 Å². The first-order chi connectivity index (χ1) is 9.56. The van der Waals surface area contributed by atoms with Gasteiger partial charge in [-0.1, -0.05) is 12.1 Å². The van der Waals surface area contributed by atoms with E-state index in [2.05, 4.69) is 10.2 Å². The van der Waals surface area contributed by atoms with Crippen LogP contribution in [0.25, 0.3) is 22.2 Å². The largest absolute Gasteiger partial charge is 0.507 e. The second-order valence-electron chi connectivity index (χ2n) is 4.30. The Balaban J connectivity index is 2.27. The van der Waals surface area contributed by atoms with Gasteiger partial charge in [-0.15, -0.1) is 0 Å². The monoisotopic (exact) mass is 272 g/mol. The molecule has 6 heteroatoms. The summed E-state index contributed by atoms with van der Waals surface area (Å²) in [5.74, 6) is -1.99. The van der Waals surface area contributed by atoms with Crippen molar-refractivity contribution in [1.82, 2.24) is 10.2 Å². The number of halogens is 1. The van der Waals surface area contributed by atoms with Crippen molar-refractivity contribution in [2.75, 3.05) is 0 Å². The molecule has 0 bridgehead atoms. The predicted molar refractivity (Wildman–Crippen MR) is 70.1 cm³/mol. The Hall–Kier alpha value is -2.89. The maximum atomic E-state index is 13.3. The number of H-pyrrole nitrogens is 1. The molecule has 5 nitrogen and oxygen atoms in total. The van der Waals surface area contributed by atoms with Crippen molar-refractivity contribution < 1.29 is 19.4 Å². The summed E-state index contributed by atoms with van der Waals surface area (Å²) in [6.07, 6.45) is 0. The summed E-state index contributed by atoms with van der Waals surface area (Å²) in [7, 11) is 0. The molecule has 0 spiro atoms. The zero-order valence-corrected chi connectivity index (χ0v) is 10.1. The third-order valence-corrected chi connectivity index (χ3v) is 3.01. The van der Waals surface area contributed by atoms with E-state index < -0.39 is 11.8 Å². The molecule has 0 aliphatic heterocycles. The van der Waals surface area contributed by atoms with E-state index in [1.54, 1.807) is 12.1 Å². The van der Waals surface area contributed by atoms with Gasteiger partial charge < -0.3 is 10.2 Å². The summed E-state index contributed by atoms with van der Waals surface area (Å²) in [4.78, 5) is 11.0. The lowest BCUT2D eigenvalue weighted by molar-refractivity contribution is 0.0694. The summed E-state index contributed by atoms with van der Waals surface area (Å²) in [5, 5.41) is 25.9. The molecule has 1 aromatic heterocycles. The molecule has 3 aromatic rings. The number of aromatic carboxylic acids is 1. The molecule has 1 heterocycles. The first-order valence-corrected chi connectivity index (χ1v) is 5.76. The highest BCUT2D eigenvalue weighted by Crippen LogP contribution is 2.31. The third-order valence-electron chi connectivity index (χ3n) is 3.01. The number of aromatic hydroxyl groups is 1. The predicted octanol–water partition coefficient (Wildman–Crippen LogP) is 2.77. The molecule has 2 aromatic carbocycles. The Morgan fingerprint density at radius 3 is 2.75 bits per heavy atom. The van der Waals surface area contributed by atoms with E-state index in [-0.39, 0.29) is 11.3 Å². The molecule has 0 aliphatic rings. The van der Waals surface area contributed by atoms with Crippen LogP contribution in [0, 0.1) is 5.82 Å². The fraction of sp³-hybridized carbons (Fsp3) is 0. The molecule has 100 valence electrons. The average molecular weight is 272 g/mol.